The Balaban J connectivity index is 0.00000320. The highest BCUT2D eigenvalue weighted by molar-refractivity contribution is 14.0. The normalized spacial score (nSPS) is 10.8. The molecule has 1 aromatic heterocycles. The highest BCUT2D eigenvalue weighted by Crippen LogP contribution is 2.09. The topological polar surface area (TPSA) is 83.3 Å². The number of rotatable bonds is 7. The van der Waals surface area contributed by atoms with Gasteiger partial charge in [0, 0.05) is 45.1 Å². The van der Waals surface area contributed by atoms with E-state index in [1.807, 2.05) is 41.2 Å². The lowest BCUT2D eigenvalue weighted by Gasteiger charge is -2.12. The second-order valence-electron chi connectivity index (χ2n) is 6.50. The van der Waals surface area contributed by atoms with Crippen molar-refractivity contribution in [3.8, 4) is 5.69 Å². The number of benzene rings is 2. The van der Waals surface area contributed by atoms with E-state index in [0.717, 1.165) is 30.2 Å². The predicted molar refractivity (Wildman–Crippen MR) is 131 cm³/mol. The number of guanidine groups is 1. The van der Waals surface area contributed by atoms with Crippen LogP contribution in [-0.2, 0) is 13.0 Å². The van der Waals surface area contributed by atoms with Crippen molar-refractivity contribution in [2.45, 2.75) is 13.0 Å². The van der Waals surface area contributed by atoms with Gasteiger partial charge < -0.3 is 16.0 Å². The van der Waals surface area contributed by atoms with Crippen molar-refractivity contribution < 1.29 is 4.79 Å². The number of aliphatic imine (C=N–C) groups is 1. The van der Waals surface area contributed by atoms with Crippen LogP contribution < -0.4 is 16.0 Å². The van der Waals surface area contributed by atoms with Crippen LogP contribution >= 0.6 is 24.0 Å². The van der Waals surface area contributed by atoms with Crippen LogP contribution in [0.4, 0.5) is 0 Å². The Labute approximate surface area is 194 Å². The highest BCUT2D eigenvalue weighted by atomic mass is 127. The van der Waals surface area contributed by atoms with Crippen LogP contribution in [0.3, 0.4) is 0 Å². The molecule has 0 unspecified atom stereocenters. The van der Waals surface area contributed by atoms with Crippen molar-refractivity contribution in [1.82, 2.24) is 25.7 Å². The molecule has 0 aliphatic carbocycles. The Morgan fingerprint density at radius 3 is 2.33 bits per heavy atom. The molecule has 2 aromatic carbocycles. The zero-order chi connectivity index (χ0) is 20.5. The van der Waals surface area contributed by atoms with Crippen LogP contribution in [0.1, 0.15) is 21.5 Å². The van der Waals surface area contributed by atoms with E-state index < -0.39 is 0 Å². The molecule has 30 heavy (non-hydrogen) atoms. The largest absolute Gasteiger partial charge is 0.356 e. The number of aromatic nitrogens is 2. The second-order valence-corrected chi connectivity index (χ2v) is 6.50. The number of amides is 1. The molecule has 3 aromatic rings. The molecule has 158 valence electrons. The van der Waals surface area contributed by atoms with E-state index in [1.54, 1.807) is 20.3 Å². The molecule has 8 heteroatoms. The number of carbonyl (C=O) groups is 1. The maximum atomic E-state index is 11.6. The number of carbonyl (C=O) groups excluding carboxylic acids is 1. The molecule has 0 aliphatic heterocycles. The van der Waals surface area contributed by atoms with Crippen LogP contribution in [0, 0.1) is 0 Å². The van der Waals surface area contributed by atoms with Gasteiger partial charge in [0.15, 0.2) is 5.96 Å². The van der Waals surface area contributed by atoms with E-state index in [9.17, 15) is 4.79 Å². The first-order chi connectivity index (χ1) is 14.2. The summed E-state index contributed by atoms with van der Waals surface area (Å²) in [5.74, 6) is 0.660. The monoisotopic (exact) mass is 518 g/mol. The summed E-state index contributed by atoms with van der Waals surface area (Å²) < 4.78 is 1.84. The first kappa shape index (κ1) is 23.4. The Kier molecular flexibility index (Phi) is 9.33. The van der Waals surface area contributed by atoms with Gasteiger partial charge in [-0.05, 0) is 47.9 Å². The summed E-state index contributed by atoms with van der Waals surface area (Å²) in [7, 11) is 3.38. The van der Waals surface area contributed by atoms with Crippen molar-refractivity contribution in [2.75, 3.05) is 20.6 Å². The van der Waals surface area contributed by atoms with Gasteiger partial charge >= 0.3 is 0 Å². The molecule has 0 saturated heterocycles. The molecule has 3 N–H and O–H groups in total. The third kappa shape index (κ3) is 6.58. The highest BCUT2D eigenvalue weighted by Gasteiger charge is 2.03. The fraction of sp³-hybridized carbons (Fsp3) is 0.227. The quantitative estimate of drug-likeness (QED) is 0.255. The van der Waals surface area contributed by atoms with E-state index >= 15 is 0 Å². The van der Waals surface area contributed by atoms with Crippen molar-refractivity contribution in [3.63, 3.8) is 0 Å². The smallest absolute Gasteiger partial charge is 0.251 e. The van der Waals surface area contributed by atoms with E-state index in [-0.39, 0.29) is 29.9 Å². The first-order valence-electron chi connectivity index (χ1n) is 9.54. The van der Waals surface area contributed by atoms with Crippen LogP contribution in [0.5, 0.6) is 0 Å². The molecular weight excluding hydrogens is 491 g/mol. The third-order valence-corrected chi connectivity index (χ3v) is 4.54. The van der Waals surface area contributed by atoms with Crippen molar-refractivity contribution >= 4 is 35.8 Å². The SMILES string of the molecule is CN=C(NCCc1ccc(-n2cccn2)cc1)NCc1ccc(C(=O)NC)cc1.I. The van der Waals surface area contributed by atoms with Crippen LogP contribution in [0.25, 0.3) is 5.69 Å². The van der Waals surface area contributed by atoms with Gasteiger partial charge in [-0.15, -0.1) is 24.0 Å². The zero-order valence-electron chi connectivity index (χ0n) is 17.1. The Morgan fingerprint density at radius 1 is 1.03 bits per heavy atom. The minimum atomic E-state index is -0.0837. The van der Waals surface area contributed by atoms with Gasteiger partial charge in [-0.2, -0.15) is 5.10 Å². The molecule has 0 radical (unpaired) electrons. The molecule has 0 bridgehead atoms. The summed E-state index contributed by atoms with van der Waals surface area (Å²) in [4.78, 5) is 15.9. The van der Waals surface area contributed by atoms with E-state index in [4.69, 9.17) is 0 Å². The van der Waals surface area contributed by atoms with Gasteiger partial charge in [0.25, 0.3) is 5.91 Å². The lowest BCUT2D eigenvalue weighted by Crippen LogP contribution is -2.37. The van der Waals surface area contributed by atoms with Crippen LogP contribution in [-0.4, -0.2) is 42.3 Å². The van der Waals surface area contributed by atoms with Gasteiger partial charge in [0.1, 0.15) is 0 Å². The minimum absolute atomic E-state index is 0. The molecule has 7 nitrogen and oxygen atoms in total. The summed E-state index contributed by atoms with van der Waals surface area (Å²) in [5.41, 5.74) is 4.02. The Hall–Kier alpha value is -2.88. The Bertz CT molecular complexity index is 937. The lowest BCUT2D eigenvalue weighted by atomic mass is 10.1. The average Bonchev–Trinajstić information content (AvgIpc) is 3.31. The van der Waals surface area contributed by atoms with E-state index in [2.05, 4.69) is 50.3 Å². The summed E-state index contributed by atoms with van der Waals surface area (Å²) in [6, 6.07) is 17.8. The van der Waals surface area contributed by atoms with Gasteiger partial charge in [-0.3, -0.25) is 9.79 Å². The van der Waals surface area contributed by atoms with Crippen molar-refractivity contribution in [3.05, 3.63) is 83.7 Å². The summed E-state index contributed by atoms with van der Waals surface area (Å²) >= 11 is 0. The Morgan fingerprint density at radius 2 is 1.73 bits per heavy atom. The molecule has 0 fully saturated rings. The number of hydrogen-bond acceptors (Lipinski definition) is 3. The fourth-order valence-electron chi connectivity index (χ4n) is 2.89. The van der Waals surface area contributed by atoms with E-state index in [0.29, 0.717) is 12.1 Å². The van der Waals surface area contributed by atoms with Gasteiger partial charge in [0.05, 0.1) is 5.69 Å². The number of nitrogens with zero attached hydrogens (tertiary/aromatic N) is 3. The summed E-state index contributed by atoms with van der Waals surface area (Å²) in [5, 5.41) is 13.5. The standard InChI is InChI=1S/C22H26N6O.HI/c1-23-21(29)19-8-4-18(5-9-19)16-26-22(24-2)25-14-12-17-6-10-20(11-7-17)28-15-3-13-27-28;/h3-11,13,15H,12,14,16H2,1-2H3,(H,23,29)(H2,24,25,26);1H. The third-order valence-electron chi connectivity index (χ3n) is 4.54. The van der Waals surface area contributed by atoms with Gasteiger partial charge in [0.2, 0.25) is 0 Å². The van der Waals surface area contributed by atoms with Crippen LogP contribution in [0.15, 0.2) is 72.0 Å². The molecule has 1 amide bonds. The van der Waals surface area contributed by atoms with Crippen LogP contribution in [0.2, 0.25) is 0 Å². The molecule has 3 rings (SSSR count). The number of hydrogen-bond donors (Lipinski definition) is 3. The molecular formula is C22H27IN6O. The predicted octanol–water partition coefficient (Wildman–Crippen LogP) is 2.76. The molecule has 0 spiro atoms. The molecule has 1 heterocycles. The molecule has 0 atom stereocenters. The maximum Gasteiger partial charge on any atom is 0.251 e. The molecule has 0 aliphatic rings. The minimum Gasteiger partial charge on any atom is -0.356 e. The van der Waals surface area contributed by atoms with Gasteiger partial charge in [-0.1, -0.05) is 24.3 Å². The average molecular weight is 518 g/mol. The van der Waals surface area contributed by atoms with Crippen molar-refractivity contribution in [1.29, 1.82) is 0 Å². The molecule has 0 saturated carbocycles. The lowest BCUT2D eigenvalue weighted by molar-refractivity contribution is 0.0963. The number of halogens is 1. The maximum absolute atomic E-state index is 11.6. The summed E-state index contributed by atoms with van der Waals surface area (Å²) in [6.07, 6.45) is 4.59. The summed E-state index contributed by atoms with van der Waals surface area (Å²) in [6.45, 7) is 1.41. The van der Waals surface area contributed by atoms with Crippen molar-refractivity contribution in [2.24, 2.45) is 4.99 Å². The zero-order valence-corrected chi connectivity index (χ0v) is 19.5. The first-order valence-corrected chi connectivity index (χ1v) is 9.54. The van der Waals surface area contributed by atoms with Gasteiger partial charge in [-0.25, -0.2) is 4.68 Å². The number of nitrogens with one attached hydrogen (secondary N) is 3. The van der Waals surface area contributed by atoms with E-state index in [1.165, 1.54) is 5.56 Å². The fourth-order valence-corrected chi connectivity index (χ4v) is 2.89. The second kappa shape index (κ2) is 12.0.